The van der Waals surface area contributed by atoms with Crippen LogP contribution in [0.2, 0.25) is 0 Å². The van der Waals surface area contributed by atoms with Crippen LogP contribution in [-0.4, -0.2) is 34.2 Å². The first-order chi connectivity index (χ1) is 15.5. The highest BCUT2D eigenvalue weighted by Gasteiger charge is 2.35. The Morgan fingerprint density at radius 1 is 0.906 bits per heavy atom. The van der Waals surface area contributed by atoms with Crippen LogP contribution in [0.1, 0.15) is 51.0 Å². The second-order valence-electron chi connectivity index (χ2n) is 8.46. The number of benzene rings is 2. The van der Waals surface area contributed by atoms with Crippen molar-refractivity contribution in [1.29, 1.82) is 0 Å². The molecule has 0 aliphatic heterocycles. The predicted octanol–water partition coefficient (Wildman–Crippen LogP) is 5.45. The van der Waals surface area contributed by atoms with Crippen LogP contribution in [0, 0.1) is 6.92 Å². The summed E-state index contributed by atoms with van der Waals surface area (Å²) in [6, 6.07) is 22.2. The predicted molar refractivity (Wildman–Crippen MR) is 130 cm³/mol. The second kappa shape index (κ2) is 10.1. The molecular weight excluding hydrogens is 416 g/mol. The third-order valence-corrected chi connectivity index (χ3v) is 6.86. The number of hydrogen-bond donors (Lipinski definition) is 0. The lowest BCUT2D eigenvalue weighted by Gasteiger charge is -2.28. The molecule has 0 bridgehead atoms. The van der Waals surface area contributed by atoms with Crippen LogP contribution in [0.4, 0.5) is 0 Å². The molecule has 2 aromatic carbocycles. The average molecular weight is 447 g/mol. The van der Waals surface area contributed by atoms with Crippen molar-refractivity contribution in [2.45, 2.75) is 52.2 Å². The number of aryl methyl sites for hydroxylation is 2. The Morgan fingerprint density at radius 2 is 1.62 bits per heavy atom. The van der Waals surface area contributed by atoms with Crippen LogP contribution >= 0.6 is 11.3 Å². The summed E-state index contributed by atoms with van der Waals surface area (Å²) in [6.45, 7) is 5.39. The van der Waals surface area contributed by atoms with Gasteiger partial charge in [-0.2, -0.15) is 0 Å². The zero-order valence-corrected chi connectivity index (χ0v) is 19.6. The van der Waals surface area contributed by atoms with Crippen LogP contribution in [-0.2, 0) is 24.3 Å². The number of nitrogens with zero attached hydrogens (tertiary/aromatic N) is 2. The number of hydrogen-bond acceptors (Lipinski definition) is 3. The Hall–Kier alpha value is -2.92. The van der Waals surface area contributed by atoms with Gasteiger partial charge in [-0.1, -0.05) is 49.4 Å². The Labute approximate surface area is 194 Å². The number of amides is 2. The molecule has 32 heavy (non-hydrogen) atoms. The number of carbonyl (C=O) groups is 2. The van der Waals surface area contributed by atoms with Gasteiger partial charge in [-0.25, -0.2) is 0 Å². The van der Waals surface area contributed by atoms with E-state index in [9.17, 15) is 9.59 Å². The Bertz CT molecular complexity index is 1050. The third-order valence-electron chi connectivity index (χ3n) is 5.87. The van der Waals surface area contributed by atoms with Gasteiger partial charge in [0.05, 0.1) is 6.54 Å². The highest BCUT2D eigenvalue weighted by molar-refractivity contribution is 7.11. The van der Waals surface area contributed by atoms with E-state index < -0.39 is 0 Å². The molecule has 1 saturated carbocycles. The molecule has 0 N–H and O–H groups in total. The highest BCUT2D eigenvalue weighted by atomic mass is 32.1. The van der Waals surface area contributed by atoms with Gasteiger partial charge in [-0.15, -0.1) is 11.3 Å². The average Bonchev–Trinajstić information content (AvgIpc) is 3.58. The van der Waals surface area contributed by atoms with E-state index in [-0.39, 0.29) is 24.4 Å². The van der Waals surface area contributed by atoms with Crippen LogP contribution in [0.15, 0.2) is 66.7 Å². The largest absolute Gasteiger partial charge is 0.332 e. The molecule has 0 unspecified atom stereocenters. The van der Waals surface area contributed by atoms with Crippen molar-refractivity contribution in [1.82, 2.24) is 9.80 Å². The SMILES string of the molecule is CCc1ccc(C(=O)N(CC(=O)N(Cc2ccccc2)Cc2ccc(C)s2)C2CC2)cc1. The van der Waals surface area contributed by atoms with Gasteiger partial charge in [0.25, 0.3) is 5.91 Å². The van der Waals surface area contributed by atoms with Gasteiger partial charge in [0.1, 0.15) is 6.54 Å². The van der Waals surface area contributed by atoms with E-state index in [0.29, 0.717) is 18.7 Å². The number of carbonyl (C=O) groups excluding carboxylic acids is 2. The monoisotopic (exact) mass is 446 g/mol. The first-order valence-electron chi connectivity index (χ1n) is 11.3. The van der Waals surface area contributed by atoms with Gasteiger partial charge in [0, 0.05) is 27.9 Å². The van der Waals surface area contributed by atoms with Crippen molar-refractivity contribution >= 4 is 23.2 Å². The maximum absolute atomic E-state index is 13.5. The van der Waals surface area contributed by atoms with Crippen LogP contribution in [0.3, 0.4) is 0 Å². The van der Waals surface area contributed by atoms with Crippen molar-refractivity contribution in [3.05, 3.63) is 93.2 Å². The first-order valence-corrected chi connectivity index (χ1v) is 12.1. The van der Waals surface area contributed by atoms with E-state index in [1.165, 1.54) is 10.4 Å². The Morgan fingerprint density at radius 3 is 2.22 bits per heavy atom. The van der Waals surface area contributed by atoms with Gasteiger partial charge < -0.3 is 9.80 Å². The molecule has 5 heteroatoms. The summed E-state index contributed by atoms with van der Waals surface area (Å²) in [7, 11) is 0. The minimum absolute atomic E-state index is 0.00895. The van der Waals surface area contributed by atoms with Crippen LogP contribution in [0.25, 0.3) is 0 Å². The molecule has 4 rings (SSSR count). The zero-order valence-electron chi connectivity index (χ0n) is 18.8. The summed E-state index contributed by atoms with van der Waals surface area (Å²) in [5.41, 5.74) is 2.95. The fourth-order valence-corrected chi connectivity index (χ4v) is 4.75. The van der Waals surface area contributed by atoms with Crippen molar-refractivity contribution in [2.24, 2.45) is 0 Å². The summed E-state index contributed by atoms with van der Waals surface area (Å²) in [5.74, 6) is -0.0551. The van der Waals surface area contributed by atoms with Crippen LogP contribution in [0.5, 0.6) is 0 Å². The van der Waals surface area contributed by atoms with Crippen molar-refractivity contribution in [3.63, 3.8) is 0 Å². The maximum Gasteiger partial charge on any atom is 0.254 e. The molecule has 1 fully saturated rings. The molecule has 3 aromatic rings. The smallest absolute Gasteiger partial charge is 0.254 e. The third kappa shape index (κ3) is 5.65. The van der Waals surface area contributed by atoms with Gasteiger partial charge in [0.2, 0.25) is 5.91 Å². The summed E-state index contributed by atoms with van der Waals surface area (Å²) in [5, 5.41) is 0. The fraction of sp³-hybridized carbons (Fsp3) is 0.333. The van der Waals surface area contributed by atoms with Gasteiger partial charge in [0.15, 0.2) is 0 Å². The van der Waals surface area contributed by atoms with E-state index >= 15 is 0 Å². The molecule has 1 aliphatic carbocycles. The lowest BCUT2D eigenvalue weighted by Crippen LogP contribution is -2.43. The molecule has 2 amide bonds. The summed E-state index contributed by atoms with van der Waals surface area (Å²) < 4.78 is 0. The molecule has 166 valence electrons. The number of thiophene rings is 1. The number of rotatable bonds is 9. The summed E-state index contributed by atoms with van der Waals surface area (Å²) >= 11 is 1.71. The van der Waals surface area contributed by atoms with E-state index in [1.807, 2.05) is 59.5 Å². The molecule has 1 aliphatic rings. The van der Waals surface area contributed by atoms with E-state index in [0.717, 1.165) is 29.7 Å². The quantitative estimate of drug-likeness (QED) is 0.438. The molecular formula is C27H30N2O2S. The Kier molecular flexibility index (Phi) is 7.05. The Balaban J connectivity index is 1.52. The normalized spacial score (nSPS) is 13.1. The minimum atomic E-state index is -0.0462. The standard InChI is InChI=1S/C27H30N2O2S/c1-3-21-10-12-23(13-11-21)27(31)29(24-14-15-24)19-26(30)28(17-22-7-5-4-6-8-22)18-25-16-9-20(2)32-25/h4-13,16,24H,3,14-15,17-19H2,1-2H3. The molecule has 0 spiro atoms. The second-order valence-corrected chi connectivity index (χ2v) is 9.83. The van der Waals surface area contributed by atoms with Gasteiger partial charge in [-0.3, -0.25) is 9.59 Å². The fourth-order valence-electron chi connectivity index (χ4n) is 3.84. The molecule has 0 atom stereocenters. The first kappa shape index (κ1) is 22.3. The minimum Gasteiger partial charge on any atom is -0.332 e. The van der Waals surface area contributed by atoms with Crippen LogP contribution < -0.4 is 0 Å². The van der Waals surface area contributed by atoms with Gasteiger partial charge in [-0.05, 0) is 61.6 Å². The van der Waals surface area contributed by atoms with E-state index in [2.05, 4.69) is 26.0 Å². The molecule has 4 nitrogen and oxygen atoms in total. The molecule has 1 heterocycles. The van der Waals surface area contributed by atoms with Gasteiger partial charge >= 0.3 is 0 Å². The van der Waals surface area contributed by atoms with Crippen molar-refractivity contribution in [3.8, 4) is 0 Å². The van der Waals surface area contributed by atoms with Crippen molar-refractivity contribution < 1.29 is 9.59 Å². The summed E-state index contributed by atoms with van der Waals surface area (Å²) in [6.07, 6.45) is 2.87. The molecule has 0 saturated heterocycles. The summed E-state index contributed by atoms with van der Waals surface area (Å²) in [4.78, 5) is 32.8. The lowest BCUT2D eigenvalue weighted by atomic mass is 10.1. The lowest BCUT2D eigenvalue weighted by molar-refractivity contribution is -0.133. The maximum atomic E-state index is 13.5. The molecule has 0 radical (unpaired) electrons. The highest BCUT2D eigenvalue weighted by Crippen LogP contribution is 2.29. The van der Waals surface area contributed by atoms with E-state index in [1.54, 1.807) is 16.2 Å². The molecule has 1 aromatic heterocycles. The van der Waals surface area contributed by atoms with Crippen molar-refractivity contribution in [2.75, 3.05) is 6.54 Å². The van der Waals surface area contributed by atoms with E-state index in [4.69, 9.17) is 0 Å². The zero-order chi connectivity index (χ0) is 22.5. The topological polar surface area (TPSA) is 40.6 Å².